The Morgan fingerprint density at radius 1 is 1.11 bits per heavy atom. The van der Waals surface area contributed by atoms with Crippen molar-refractivity contribution in [3.05, 3.63) is 35.5 Å². The first-order chi connectivity index (χ1) is 13.4. The number of ether oxygens (including phenoxy) is 3. The molecule has 0 atom stereocenters. The molecule has 0 unspecified atom stereocenters. The van der Waals surface area contributed by atoms with Crippen LogP contribution >= 0.6 is 0 Å². The van der Waals surface area contributed by atoms with Crippen molar-refractivity contribution < 1.29 is 32.2 Å². The molecule has 3 rings (SSSR count). The Hall–Kier alpha value is -2.39. The number of methoxy groups -OCH3 is 2. The van der Waals surface area contributed by atoms with E-state index in [0.29, 0.717) is 18.5 Å². The van der Waals surface area contributed by atoms with Gasteiger partial charge in [0.25, 0.3) is 0 Å². The van der Waals surface area contributed by atoms with Gasteiger partial charge in [0.1, 0.15) is 12.4 Å². The van der Waals surface area contributed by atoms with Crippen LogP contribution in [-0.4, -0.2) is 53.2 Å². The predicted octanol–water partition coefficient (Wildman–Crippen LogP) is 1.80. The zero-order valence-electron chi connectivity index (χ0n) is 15.8. The highest BCUT2D eigenvalue weighted by Gasteiger charge is 2.34. The van der Waals surface area contributed by atoms with Crippen LogP contribution in [0.15, 0.2) is 40.4 Å². The van der Waals surface area contributed by atoms with E-state index in [4.69, 9.17) is 14.2 Å². The summed E-state index contributed by atoms with van der Waals surface area (Å²) in [5, 5.41) is -0.387. The molecule has 152 valence electrons. The van der Waals surface area contributed by atoms with E-state index in [1.54, 1.807) is 18.2 Å². The second kappa shape index (κ2) is 8.32. The van der Waals surface area contributed by atoms with Gasteiger partial charge < -0.3 is 19.1 Å². The molecule has 0 radical (unpaired) electrons. The normalized spacial score (nSPS) is 18.3. The molecule has 28 heavy (non-hydrogen) atoms. The van der Waals surface area contributed by atoms with Crippen molar-refractivity contribution in [1.29, 1.82) is 0 Å². The Labute approximate surface area is 164 Å². The quantitative estimate of drug-likeness (QED) is 0.679. The van der Waals surface area contributed by atoms with Crippen LogP contribution in [-0.2, 0) is 33.6 Å². The van der Waals surface area contributed by atoms with Crippen LogP contribution in [0.2, 0.25) is 0 Å². The van der Waals surface area contributed by atoms with Gasteiger partial charge in [-0.05, 0) is 31.0 Å². The summed E-state index contributed by atoms with van der Waals surface area (Å²) in [6.45, 7) is -0.133. The van der Waals surface area contributed by atoms with Gasteiger partial charge in [-0.15, -0.1) is 0 Å². The fourth-order valence-electron chi connectivity index (χ4n) is 3.57. The highest BCUT2D eigenvalue weighted by atomic mass is 32.2. The summed E-state index contributed by atoms with van der Waals surface area (Å²) in [6, 6.07) is 6.31. The Morgan fingerprint density at radius 3 is 2.43 bits per heavy atom. The van der Waals surface area contributed by atoms with Crippen molar-refractivity contribution in [2.24, 2.45) is 0 Å². The minimum atomic E-state index is -3.47. The van der Waals surface area contributed by atoms with E-state index in [2.05, 4.69) is 0 Å². The molecule has 1 aliphatic heterocycles. The van der Waals surface area contributed by atoms with Gasteiger partial charge in [0.05, 0.1) is 36.5 Å². The summed E-state index contributed by atoms with van der Waals surface area (Å²) in [4.78, 5) is 26.1. The van der Waals surface area contributed by atoms with Crippen molar-refractivity contribution in [3.63, 3.8) is 0 Å². The van der Waals surface area contributed by atoms with E-state index < -0.39 is 21.8 Å². The fourth-order valence-corrected chi connectivity index (χ4v) is 5.46. The van der Waals surface area contributed by atoms with Gasteiger partial charge in [0, 0.05) is 5.69 Å². The number of esters is 2. The molecule has 1 aliphatic carbocycles. The molecule has 0 aromatic heterocycles. The summed E-state index contributed by atoms with van der Waals surface area (Å²) in [7, 11) is -1.06. The molecule has 1 aromatic rings. The van der Waals surface area contributed by atoms with Gasteiger partial charge in [-0.3, -0.25) is 0 Å². The average molecular weight is 409 g/mol. The van der Waals surface area contributed by atoms with Crippen molar-refractivity contribution in [3.8, 4) is 0 Å². The molecule has 0 saturated heterocycles. The van der Waals surface area contributed by atoms with E-state index in [1.165, 1.54) is 25.2 Å². The number of rotatable bonds is 5. The van der Waals surface area contributed by atoms with Crippen LogP contribution < -0.4 is 4.90 Å². The second-order valence-electron chi connectivity index (χ2n) is 6.66. The summed E-state index contributed by atoms with van der Waals surface area (Å²) in [5.41, 5.74) is 0.418. The molecule has 0 amide bonds. The number of hydrogen-bond acceptors (Lipinski definition) is 8. The number of carbonyl (C=O) groups excluding carboxylic acids is 2. The van der Waals surface area contributed by atoms with Crippen LogP contribution in [0.3, 0.4) is 0 Å². The van der Waals surface area contributed by atoms with E-state index in [1.807, 2.05) is 0 Å². The third kappa shape index (κ3) is 3.77. The molecule has 8 nitrogen and oxygen atoms in total. The van der Waals surface area contributed by atoms with Gasteiger partial charge in [0.2, 0.25) is 0 Å². The van der Waals surface area contributed by atoms with Gasteiger partial charge in [-0.25, -0.2) is 18.0 Å². The first kappa shape index (κ1) is 20.3. The van der Waals surface area contributed by atoms with Gasteiger partial charge in [-0.2, -0.15) is 0 Å². The minimum Gasteiger partial charge on any atom is -0.466 e. The minimum absolute atomic E-state index is 0.0176. The molecule has 1 saturated carbocycles. The third-order valence-electron chi connectivity index (χ3n) is 5.03. The molecule has 2 aliphatic rings. The zero-order chi connectivity index (χ0) is 20.3. The predicted molar refractivity (Wildman–Crippen MR) is 100 cm³/mol. The number of benzene rings is 1. The molecule has 1 fully saturated rings. The largest absolute Gasteiger partial charge is 0.466 e. The lowest BCUT2D eigenvalue weighted by atomic mass is 10.1. The lowest BCUT2D eigenvalue weighted by molar-refractivity contribution is -0.140. The van der Waals surface area contributed by atoms with Crippen molar-refractivity contribution in [2.75, 3.05) is 32.5 Å². The summed E-state index contributed by atoms with van der Waals surface area (Å²) in [5.74, 6) is -1.44. The Balaban J connectivity index is 2.04. The van der Waals surface area contributed by atoms with E-state index in [-0.39, 0.29) is 34.8 Å². The number of nitrogens with zero attached hydrogens (tertiary/aromatic N) is 1. The Kier molecular flexibility index (Phi) is 6.04. The molecule has 9 heteroatoms. The van der Waals surface area contributed by atoms with Crippen molar-refractivity contribution in [1.82, 2.24) is 0 Å². The van der Waals surface area contributed by atoms with Crippen LogP contribution in [0.25, 0.3) is 0 Å². The van der Waals surface area contributed by atoms with Crippen LogP contribution in [0.1, 0.15) is 25.7 Å². The van der Waals surface area contributed by atoms with Gasteiger partial charge in [-0.1, -0.05) is 18.9 Å². The third-order valence-corrected chi connectivity index (χ3v) is 7.29. The summed E-state index contributed by atoms with van der Waals surface area (Å²) < 4.78 is 40.9. The maximum Gasteiger partial charge on any atom is 0.355 e. The van der Waals surface area contributed by atoms with Crippen LogP contribution in [0.5, 0.6) is 0 Å². The summed E-state index contributed by atoms with van der Waals surface area (Å²) in [6.07, 6.45) is 3.11. The topological polar surface area (TPSA) is 99.2 Å². The highest BCUT2D eigenvalue weighted by Crippen LogP contribution is 2.33. The molecule has 0 N–H and O–H groups in total. The van der Waals surface area contributed by atoms with E-state index in [0.717, 1.165) is 12.8 Å². The van der Waals surface area contributed by atoms with E-state index in [9.17, 15) is 18.0 Å². The van der Waals surface area contributed by atoms with Gasteiger partial charge >= 0.3 is 11.9 Å². The number of hydrogen-bond donors (Lipinski definition) is 0. The van der Waals surface area contributed by atoms with E-state index >= 15 is 0 Å². The first-order valence-electron chi connectivity index (χ1n) is 8.99. The molecular weight excluding hydrogens is 386 g/mol. The molecule has 1 aromatic carbocycles. The van der Waals surface area contributed by atoms with Crippen molar-refractivity contribution >= 4 is 27.5 Å². The highest BCUT2D eigenvalue weighted by molar-refractivity contribution is 7.92. The monoisotopic (exact) mass is 409 g/mol. The number of anilines is 1. The Morgan fingerprint density at radius 2 is 1.79 bits per heavy atom. The zero-order valence-corrected chi connectivity index (χ0v) is 16.7. The van der Waals surface area contributed by atoms with Gasteiger partial charge in [0.15, 0.2) is 9.84 Å². The average Bonchev–Trinajstić information content (AvgIpc) is 3.28. The lowest BCUT2D eigenvalue weighted by Gasteiger charge is -2.31. The first-order valence-corrected chi connectivity index (χ1v) is 10.5. The maximum atomic E-state index is 12.9. The van der Waals surface area contributed by atoms with Crippen LogP contribution in [0.4, 0.5) is 5.69 Å². The van der Waals surface area contributed by atoms with Crippen molar-refractivity contribution in [2.45, 2.75) is 35.8 Å². The fraction of sp³-hybridized carbons (Fsp3) is 0.474. The SMILES string of the molecule is COC(=O)C1=C(C(=O)OC)N(c2cccc(S(=O)(=O)C3CCCC3)c2)COC1. The number of sulfone groups is 1. The molecule has 0 bridgehead atoms. The maximum absolute atomic E-state index is 12.9. The van der Waals surface area contributed by atoms with Crippen LogP contribution in [0, 0.1) is 0 Å². The lowest BCUT2D eigenvalue weighted by Crippen LogP contribution is -2.38. The smallest absolute Gasteiger partial charge is 0.355 e. The molecular formula is C19H23NO7S. The standard InChI is InChI=1S/C19H23NO7S/c1-25-18(21)16-11-27-12-20(17(16)19(22)26-2)13-6-5-9-15(10-13)28(23,24)14-7-3-4-8-14/h5-6,9-10,14H,3-4,7-8,11-12H2,1-2H3. The molecule has 0 spiro atoms. The Bertz CT molecular complexity index is 901. The summed E-state index contributed by atoms with van der Waals surface area (Å²) >= 11 is 0. The number of carbonyl (C=O) groups is 2. The second-order valence-corrected chi connectivity index (χ2v) is 8.89. The molecule has 1 heterocycles.